The second-order valence-electron chi connectivity index (χ2n) is 1.83. The van der Waals surface area contributed by atoms with Crippen molar-refractivity contribution in [2.45, 2.75) is 19.8 Å². The van der Waals surface area contributed by atoms with Crippen molar-refractivity contribution in [3.05, 3.63) is 0 Å². The average molecular weight is 213 g/mol. The first-order chi connectivity index (χ1) is 4.27. The van der Waals surface area contributed by atoms with Crippen molar-refractivity contribution in [2.24, 2.45) is 0 Å². The molecule has 56 valence electrons. The van der Waals surface area contributed by atoms with Crippen LogP contribution in [0.2, 0.25) is 0 Å². The third-order valence-corrected chi connectivity index (χ3v) is 2.44. The predicted molar refractivity (Wildman–Crippen MR) is 50.2 cm³/mol. The highest BCUT2D eigenvalue weighted by molar-refractivity contribution is 9.09. The molecule has 0 bridgehead atoms. The molecule has 3 heteroatoms. The molecule has 1 N–H and O–H groups in total. The summed E-state index contributed by atoms with van der Waals surface area (Å²) in [6.07, 6.45) is 2.41. The van der Waals surface area contributed by atoms with Crippen LogP contribution in [0.25, 0.3) is 0 Å². The molecule has 0 aromatic rings. The van der Waals surface area contributed by atoms with E-state index in [2.05, 4.69) is 15.9 Å². The van der Waals surface area contributed by atoms with Gasteiger partial charge in [0.15, 0.2) is 0 Å². The van der Waals surface area contributed by atoms with E-state index >= 15 is 0 Å². The molecule has 0 aromatic heterocycles. The molecule has 0 saturated carbocycles. The minimum absolute atomic E-state index is 0.532. The number of aliphatic hydroxyl groups is 1. The van der Waals surface area contributed by atoms with Crippen molar-refractivity contribution in [1.82, 2.24) is 0 Å². The van der Waals surface area contributed by atoms with E-state index in [0.717, 1.165) is 22.4 Å². The first kappa shape index (κ1) is 9.66. The lowest BCUT2D eigenvalue weighted by atomic mass is 10.4. The fraction of sp³-hybridized carbons (Fsp3) is 0.833. The van der Waals surface area contributed by atoms with E-state index in [1.165, 1.54) is 12.8 Å². The lowest BCUT2D eigenvalue weighted by molar-refractivity contribution is 0.564. The first-order valence-electron chi connectivity index (χ1n) is 3.03. The predicted octanol–water partition coefficient (Wildman–Crippen LogP) is 2.33. The molecule has 0 radical (unpaired) electrons. The van der Waals surface area contributed by atoms with Crippen LogP contribution in [0.4, 0.5) is 0 Å². The molecule has 0 spiro atoms. The first-order valence-corrected chi connectivity index (χ1v) is 5.23. The van der Waals surface area contributed by atoms with Crippen molar-refractivity contribution in [2.75, 3.05) is 11.1 Å². The van der Waals surface area contributed by atoms with Gasteiger partial charge >= 0.3 is 0 Å². The normalized spacial score (nSPS) is 13.0. The summed E-state index contributed by atoms with van der Waals surface area (Å²) in [5.74, 6) is 1.09. The number of alkyl halides is 1. The lowest BCUT2D eigenvalue weighted by Gasteiger charge is -1.91. The molecule has 0 amide bonds. The molecule has 0 fully saturated rings. The van der Waals surface area contributed by atoms with Gasteiger partial charge in [-0.25, -0.2) is 0 Å². The topological polar surface area (TPSA) is 20.2 Å². The number of aliphatic hydroxyl groups excluding tert-OH is 1. The van der Waals surface area contributed by atoms with Crippen LogP contribution >= 0.6 is 27.3 Å². The van der Waals surface area contributed by atoms with Crippen LogP contribution in [0.3, 0.4) is 0 Å². The molecule has 0 aromatic carbocycles. The Bertz CT molecular complexity index is 89.1. The van der Waals surface area contributed by atoms with Crippen LogP contribution in [0.5, 0.6) is 0 Å². The van der Waals surface area contributed by atoms with Gasteiger partial charge in [0.05, 0.1) is 5.05 Å². The van der Waals surface area contributed by atoms with Crippen molar-refractivity contribution in [3.8, 4) is 0 Å². The van der Waals surface area contributed by atoms with Gasteiger partial charge in [0.1, 0.15) is 0 Å². The molecule has 0 saturated heterocycles. The maximum absolute atomic E-state index is 8.74. The summed E-state index contributed by atoms with van der Waals surface area (Å²) < 4.78 is 0. The Morgan fingerprint density at radius 1 is 1.56 bits per heavy atom. The van der Waals surface area contributed by atoms with Gasteiger partial charge in [-0.1, -0.05) is 15.9 Å². The maximum Gasteiger partial charge on any atom is 0.0663 e. The van der Waals surface area contributed by atoms with Crippen LogP contribution in [0, 0.1) is 0 Å². The van der Waals surface area contributed by atoms with E-state index in [4.69, 9.17) is 5.11 Å². The Labute approximate surface area is 68.6 Å². The zero-order valence-electron chi connectivity index (χ0n) is 5.60. The quantitative estimate of drug-likeness (QED) is 0.318. The van der Waals surface area contributed by atoms with Gasteiger partial charge in [-0.2, -0.15) is 11.4 Å². The number of rotatable bonds is 4. The Morgan fingerprint density at radius 2 is 2.22 bits per heavy atom. The Hall–Kier alpha value is 0.660. The molecule has 0 rings (SSSR count). The minimum atomic E-state index is 0.532. The minimum Gasteiger partial charge on any atom is -0.360 e. The smallest absolute Gasteiger partial charge is 0.0663 e. The molecule has 1 nitrogen and oxygen atoms in total. The highest BCUT2D eigenvalue weighted by Gasteiger charge is 1.82. The van der Waals surface area contributed by atoms with Gasteiger partial charge < -0.3 is 5.11 Å². The number of halogens is 1. The number of thiol groups is 1. The average Bonchev–Trinajstić information content (AvgIpc) is 1.80. The van der Waals surface area contributed by atoms with Gasteiger partial charge in [-0.05, 0) is 25.5 Å². The van der Waals surface area contributed by atoms with Crippen molar-refractivity contribution in [1.29, 1.82) is 0 Å². The van der Waals surface area contributed by atoms with Crippen molar-refractivity contribution in [3.63, 3.8) is 0 Å². The van der Waals surface area contributed by atoms with E-state index in [-0.39, 0.29) is 0 Å². The summed E-state index contributed by atoms with van der Waals surface area (Å²) in [5.41, 5.74) is 0. The summed E-state index contributed by atoms with van der Waals surface area (Å²) in [6, 6.07) is 0. The largest absolute Gasteiger partial charge is 0.360 e. The van der Waals surface area contributed by atoms with E-state index in [1.54, 1.807) is 6.92 Å². The number of unbranched alkanes of at least 4 members (excludes halogenated alkanes) is 1. The van der Waals surface area contributed by atoms with Gasteiger partial charge in [-0.3, -0.25) is 0 Å². The summed E-state index contributed by atoms with van der Waals surface area (Å²) in [5, 5.41) is 10.4. The number of hydrogen-bond donors (Lipinski definition) is 2. The molecule has 9 heavy (non-hydrogen) atoms. The third kappa shape index (κ3) is 8.66. The highest BCUT2D eigenvalue weighted by Crippen LogP contribution is 1.98. The van der Waals surface area contributed by atoms with Crippen LogP contribution in [0.15, 0.2) is 0 Å². The number of hydrogen-bond acceptors (Lipinski definition) is 0. The van der Waals surface area contributed by atoms with Crippen LogP contribution in [-0.4, -0.2) is 21.2 Å². The van der Waals surface area contributed by atoms with Gasteiger partial charge in [0.2, 0.25) is 0 Å². The van der Waals surface area contributed by atoms with Crippen molar-refractivity contribution < 1.29 is 5.11 Å². The van der Waals surface area contributed by atoms with Crippen LogP contribution in [-0.2, 0) is 0 Å². The fourth-order valence-electron chi connectivity index (χ4n) is 0.447. The monoisotopic (exact) mass is 212 g/mol. The second-order valence-corrected chi connectivity index (χ2v) is 4.03. The van der Waals surface area contributed by atoms with Gasteiger partial charge in [0, 0.05) is 5.33 Å². The maximum atomic E-state index is 8.74. The molecule has 0 unspecified atom stereocenters. The van der Waals surface area contributed by atoms with E-state index in [1.807, 2.05) is 0 Å². The summed E-state index contributed by atoms with van der Waals surface area (Å²) in [6.45, 7) is 1.75. The molecular weight excluding hydrogens is 200 g/mol. The zero-order valence-corrected chi connectivity index (χ0v) is 8.08. The molecular formula is C6H13BrOS. The highest BCUT2D eigenvalue weighted by atomic mass is 79.9. The summed E-state index contributed by atoms with van der Waals surface area (Å²) in [4.78, 5) is 0. The summed E-state index contributed by atoms with van der Waals surface area (Å²) >= 11 is 4.43. The van der Waals surface area contributed by atoms with Gasteiger partial charge in [0.25, 0.3) is 0 Å². The molecule has 0 aliphatic heterocycles. The standard InChI is InChI=1S/C6H13BrOS/c1-6(8)9-5-3-2-4-7/h8-9H,2-5H2,1H3. The Morgan fingerprint density at radius 3 is 2.67 bits per heavy atom. The van der Waals surface area contributed by atoms with Crippen LogP contribution < -0.4 is 0 Å². The summed E-state index contributed by atoms with van der Waals surface area (Å²) in [7, 11) is 0. The SMILES string of the molecule is CC(O)=[SH]CCCCBr. The molecule has 0 aliphatic rings. The van der Waals surface area contributed by atoms with E-state index in [9.17, 15) is 0 Å². The van der Waals surface area contributed by atoms with Crippen molar-refractivity contribution >= 4 is 32.3 Å². The molecule has 0 atom stereocenters. The molecule has 0 heterocycles. The van der Waals surface area contributed by atoms with E-state index in [0.29, 0.717) is 5.05 Å². The zero-order chi connectivity index (χ0) is 7.11. The second kappa shape index (κ2) is 6.78. The third-order valence-electron chi connectivity index (χ3n) is 0.882. The van der Waals surface area contributed by atoms with Gasteiger partial charge in [-0.15, -0.1) is 0 Å². The fourth-order valence-corrected chi connectivity index (χ4v) is 1.55. The lowest BCUT2D eigenvalue weighted by Crippen LogP contribution is -1.84. The Balaban J connectivity index is 3.00. The van der Waals surface area contributed by atoms with E-state index < -0.39 is 0 Å². The van der Waals surface area contributed by atoms with Crippen LogP contribution in [0.1, 0.15) is 19.8 Å². The molecule has 0 aliphatic carbocycles. The Kier molecular flexibility index (Phi) is 7.27.